The molecule has 1 N–H and O–H groups in total. The molecular formula is C11H10Cl2N2O2S. The van der Waals surface area contributed by atoms with Crippen molar-refractivity contribution in [2.24, 2.45) is 0 Å². The molecule has 0 spiro atoms. The van der Waals surface area contributed by atoms with Gasteiger partial charge in [-0.25, -0.2) is 13.4 Å². The third kappa shape index (κ3) is 2.11. The molecule has 2 heterocycles. The van der Waals surface area contributed by atoms with Gasteiger partial charge in [0.15, 0.2) is 9.84 Å². The van der Waals surface area contributed by atoms with Gasteiger partial charge >= 0.3 is 0 Å². The predicted octanol–water partition coefficient (Wildman–Crippen LogP) is 2.77. The van der Waals surface area contributed by atoms with Crippen LogP contribution in [0.4, 0.5) is 0 Å². The summed E-state index contributed by atoms with van der Waals surface area (Å²) in [7, 11) is -2.91. The number of nitrogens with one attached hydrogen (secondary N) is 1. The molecule has 3 rings (SSSR count). The fraction of sp³-hybridized carbons (Fsp3) is 0.364. The number of aromatic amines is 1. The number of imidazole rings is 1. The van der Waals surface area contributed by atoms with Crippen molar-refractivity contribution < 1.29 is 8.42 Å². The maximum Gasteiger partial charge on any atom is 0.151 e. The number of aromatic nitrogens is 2. The van der Waals surface area contributed by atoms with Gasteiger partial charge in [-0.05, 0) is 18.6 Å². The lowest BCUT2D eigenvalue weighted by Crippen LogP contribution is -2.04. The topological polar surface area (TPSA) is 62.8 Å². The maximum atomic E-state index is 11.5. The van der Waals surface area contributed by atoms with Gasteiger partial charge in [0.25, 0.3) is 0 Å². The highest BCUT2D eigenvalue weighted by Crippen LogP contribution is 2.31. The minimum absolute atomic E-state index is 0.0556. The zero-order chi connectivity index (χ0) is 12.9. The van der Waals surface area contributed by atoms with E-state index in [1.165, 1.54) is 0 Å². The maximum absolute atomic E-state index is 11.5. The van der Waals surface area contributed by atoms with Gasteiger partial charge in [-0.15, -0.1) is 0 Å². The van der Waals surface area contributed by atoms with Crippen LogP contribution in [0.15, 0.2) is 12.1 Å². The Morgan fingerprint density at radius 3 is 2.67 bits per heavy atom. The number of hydrogen-bond acceptors (Lipinski definition) is 3. The van der Waals surface area contributed by atoms with Crippen LogP contribution in [0.1, 0.15) is 18.2 Å². The molecule has 7 heteroatoms. The number of halogens is 2. The van der Waals surface area contributed by atoms with E-state index >= 15 is 0 Å². The number of fused-ring (bicyclic) bond motifs is 1. The lowest BCUT2D eigenvalue weighted by Gasteiger charge is -2.01. The van der Waals surface area contributed by atoms with Crippen molar-refractivity contribution in [1.82, 2.24) is 9.97 Å². The van der Waals surface area contributed by atoms with E-state index in [1.807, 2.05) is 0 Å². The fourth-order valence-electron chi connectivity index (χ4n) is 2.23. The van der Waals surface area contributed by atoms with Crippen molar-refractivity contribution in [3.8, 4) is 0 Å². The largest absolute Gasteiger partial charge is 0.342 e. The molecule has 1 unspecified atom stereocenters. The average molecular weight is 305 g/mol. The Morgan fingerprint density at radius 2 is 2.00 bits per heavy atom. The van der Waals surface area contributed by atoms with Gasteiger partial charge in [0.05, 0.1) is 32.6 Å². The van der Waals surface area contributed by atoms with Crippen molar-refractivity contribution in [2.75, 3.05) is 11.5 Å². The number of sulfone groups is 1. The number of hydrogen-bond donors (Lipinski definition) is 1. The molecule has 4 nitrogen and oxygen atoms in total. The van der Waals surface area contributed by atoms with Crippen LogP contribution in [-0.2, 0) is 9.84 Å². The second-order valence-electron chi connectivity index (χ2n) is 4.51. The molecule has 1 fully saturated rings. The molecule has 1 aromatic heterocycles. The Balaban J connectivity index is 2.04. The van der Waals surface area contributed by atoms with Crippen molar-refractivity contribution in [2.45, 2.75) is 12.3 Å². The van der Waals surface area contributed by atoms with Crippen molar-refractivity contribution in [1.29, 1.82) is 0 Å². The Kier molecular flexibility index (Phi) is 2.80. The summed E-state index contributed by atoms with van der Waals surface area (Å²) in [6.45, 7) is 0. The normalized spacial score (nSPS) is 22.7. The van der Waals surface area contributed by atoms with Gasteiger partial charge in [0.1, 0.15) is 5.82 Å². The number of nitrogens with zero attached hydrogens (tertiary/aromatic N) is 1. The molecule has 2 aromatic rings. The van der Waals surface area contributed by atoms with Gasteiger partial charge in [-0.1, -0.05) is 23.2 Å². The lowest BCUT2D eigenvalue weighted by atomic mass is 10.1. The van der Waals surface area contributed by atoms with Crippen LogP contribution >= 0.6 is 23.2 Å². The zero-order valence-electron chi connectivity index (χ0n) is 9.28. The van der Waals surface area contributed by atoms with E-state index in [4.69, 9.17) is 23.2 Å². The summed E-state index contributed by atoms with van der Waals surface area (Å²) < 4.78 is 22.9. The smallest absolute Gasteiger partial charge is 0.151 e. The van der Waals surface area contributed by atoms with Crippen molar-refractivity contribution >= 4 is 44.1 Å². The Bertz CT molecular complexity index is 685. The van der Waals surface area contributed by atoms with Gasteiger partial charge in [-0.3, -0.25) is 0 Å². The fourth-order valence-corrected chi connectivity index (χ4v) is 4.30. The van der Waals surface area contributed by atoms with E-state index < -0.39 is 9.84 Å². The molecule has 18 heavy (non-hydrogen) atoms. The Hall–Kier alpha value is -0.780. The van der Waals surface area contributed by atoms with E-state index in [9.17, 15) is 8.42 Å². The summed E-state index contributed by atoms with van der Waals surface area (Å²) in [6, 6.07) is 3.39. The SMILES string of the molecule is O=S1(=O)CCC(c2nc3cc(Cl)c(Cl)cc3[nH]2)C1. The van der Waals surface area contributed by atoms with E-state index in [1.54, 1.807) is 12.1 Å². The lowest BCUT2D eigenvalue weighted by molar-refractivity contribution is 0.601. The van der Waals surface area contributed by atoms with Crippen LogP contribution in [0.5, 0.6) is 0 Å². The van der Waals surface area contributed by atoms with E-state index in [-0.39, 0.29) is 17.4 Å². The van der Waals surface area contributed by atoms with Crippen molar-refractivity contribution in [3.05, 3.63) is 28.0 Å². The van der Waals surface area contributed by atoms with Crippen LogP contribution in [-0.4, -0.2) is 29.9 Å². The third-order valence-electron chi connectivity index (χ3n) is 3.16. The summed E-state index contributed by atoms with van der Waals surface area (Å²) in [5.74, 6) is 1.04. The van der Waals surface area contributed by atoms with Crippen molar-refractivity contribution in [3.63, 3.8) is 0 Å². The molecule has 1 aliphatic heterocycles. The highest BCUT2D eigenvalue weighted by atomic mass is 35.5. The average Bonchev–Trinajstić information content (AvgIpc) is 2.82. The molecule has 0 aliphatic carbocycles. The molecule has 96 valence electrons. The van der Waals surface area contributed by atoms with Gasteiger partial charge in [0, 0.05) is 5.92 Å². The summed E-state index contributed by atoms with van der Waals surface area (Å²) in [6.07, 6.45) is 0.615. The molecule has 1 aliphatic rings. The monoisotopic (exact) mass is 304 g/mol. The van der Waals surface area contributed by atoms with Gasteiger partial charge < -0.3 is 4.98 Å². The Labute approximate surface area is 114 Å². The summed E-state index contributed by atoms with van der Waals surface area (Å²) in [4.78, 5) is 7.52. The zero-order valence-corrected chi connectivity index (χ0v) is 11.6. The van der Waals surface area contributed by atoms with Gasteiger partial charge in [0.2, 0.25) is 0 Å². The van der Waals surface area contributed by atoms with Crippen LogP contribution in [0.3, 0.4) is 0 Å². The number of H-pyrrole nitrogens is 1. The van der Waals surface area contributed by atoms with Crippen LogP contribution in [0, 0.1) is 0 Å². The molecule has 1 atom stereocenters. The molecule has 0 radical (unpaired) electrons. The molecule has 0 saturated carbocycles. The first-order valence-corrected chi connectivity index (χ1v) is 8.07. The van der Waals surface area contributed by atoms with Crippen LogP contribution in [0.25, 0.3) is 11.0 Å². The number of benzene rings is 1. The first kappa shape index (κ1) is 12.3. The second kappa shape index (κ2) is 4.11. The van der Waals surface area contributed by atoms with Crippen LogP contribution in [0.2, 0.25) is 10.0 Å². The number of rotatable bonds is 1. The predicted molar refractivity (Wildman–Crippen MR) is 72.1 cm³/mol. The Morgan fingerprint density at radius 1 is 1.28 bits per heavy atom. The molecule has 0 bridgehead atoms. The minimum Gasteiger partial charge on any atom is -0.342 e. The first-order valence-electron chi connectivity index (χ1n) is 5.50. The van der Waals surface area contributed by atoms with E-state index in [0.717, 1.165) is 5.52 Å². The highest BCUT2D eigenvalue weighted by Gasteiger charge is 2.31. The first-order chi connectivity index (χ1) is 8.44. The molecule has 0 amide bonds. The second-order valence-corrected chi connectivity index (χ2v) is 7.55. The summed E-state index contributed by atoms with van der Waals surface area (Å²) >= 11 is 11.8. The summed E-state index contributed by atoms with van der Waals surface area (Å²) in [5, 5.41) is 0.902. The minimum atomic E-state index is -2.91. The van der Waals surface area contributed by atoms with Crippen LogP contribution < -0.4 is 0 Å². The van der Waals surface area contributed by atoms with Gasteiger partial charge in [-0.2, -0.15) is 0 Å². The molecule has 1 saturated heterocycles. The third-order valence-corrected chi connectivity index (χ3v) is 5.65. The molecule has 1 aromatic carbocycles. The molecular weight excluding hydrogens is 295 g/mol. The standard InChI is InChI=1S/C11H10Cl2N2O2S/c12-7-3-9-10(4-8(7)13)15-11(14-9)6-1-2-18(16,17)5-6/h3-4,6H,1-2,5H2,(H,14,15). The highest BCUT2D eigenvalue weighted by molar-refractivity contribution is 7.91. The van der Waals surface area contributed by atoms with E-state index in [2.05, 4.69) is 9.97 Å². The summed E-state index contributed by atoms with van der Waals surface area (Å²) in [5.41, 5.74) is 1.49. The quantitative estimate of drug-likeness (QED) is 0.881. The van der Waals surface area contributed by atoms with E-state index in [0.29, 0.717) is 27.8 Å².